The monoisotopic (exact) mass is 473 g/mol. The molecule has 5 heteroatoms. The molecule has 3 aromatic rings. The largest absolute Gasteiger partial charge is 0.332 e. The summed E-state index contributed by atoms with van der Waals surface area (Å²) in [5.74, 6) is 0.995. The minimum atomic E-state index is -0.251. The first-order valence-corrected chi connectivity index (χ1v) is 13.4. The molecule has 1 saturated carbocycles. The molecule has 186 valence electrons. The van der Waals surface area contributed by atoms with Crippen LogP contribution in [0.4, 0.5) is 0 Å². The summed E-state index contributed by atoms with van der Waals surface area (Å²) in [6.45, 7) is 9.13. The molecule has 35 heavy (non-hydrogen) atoms. The van der Waals surface area contributed by atoms with Crippen LogP contribution >= 0.6 is 0 Å². The smallest absolute Gasteiger partial charge is 0.266 e. The van der Waals surface area contributed by atoms with Crippen LogP contribution in [0.3, 0.4) is 0 Å². The Labute approximate surface area is 209 Å². The van der Waals surface area contributed by atoms with Gasteiger partial charge in [0.1, 0.15) is 5.82 Å². The second kappa shape index (κ2) is 11.2. The molecule has 0 bridgehead atoms. The molecule has 0 aliphatic heterocycles. The van der Waals surface area contributed by atoms with Crippen molar-refractivity contribution in [2.45, 2.75) is 85.1 Å². The zero-order chi connectivity index (χ0) is 24.9. The van der Waals surface area contributed by atoms with Crippen LogP contribution in [0.25, 0.3) is 16.6 Å². The van der Waals surface area contributed by atoms with Gasteiger partial charge in [-0.1, -0.05) is 57.7 Å². The molecular formula is C30H39N3O2. The van der Waals surface area contributed by atoms with E-state index < -0.39 is 0 Å². The van der Waals surface area contributed by atoms with Crippen molar-refractivity contribution in [3.63, 3.8) is 0 Å². The van der Waals surface area contributed by atoms with E-state index in [1.165, 1.54) is 5.56 Å². The molecule has 1 amide bonds. The first-order valence-electron chi connectivity index (χ1n) is 13.4. The predicted octanol–water partition coefficient (Wildman–Crippen LogP) is 6.66. The van der Waals surface area contributed by atoms with Crippen LogP contribution in [-0.2, 0) is 4.79 Å². The molecule has 1 heterocycles. The number of rotatable bonds is 9. The second-order valence-electron chi connectivity index (χ2n) is 10.0. The number of hydrogen-bond acceptors (Lipinski definition) is 3. The number of aromatic nitrogens is 2. The van der Waals surface area contributed by atoms with Crippen LogP contribution in [-0.4, -0.2) is 26.9 Å². The molecule has 1 aromatic heterocycles. The summed E-state index contributed by atoms with van der Waals surface area (Å²) in [6.07, 6.45) is 8.04. The zero-order valence-electron chi connectivity index (χ0n) is 21.7. The molecule has 0 radical (unpaired) electrons. The summed E-state index contributed by atoms with van der Waals surface area (Å²) in [5, 5.41) is 0.601. The van der Waals surface area contributed by atoms with Crippen molar-refractivity contribution in [2.24, 2.45) is 5.92 Å². The van der Waals surface area contributed by atoms with Crippen molar-refractivity contribution in [2.75, 3.05) is 6.54 Å². The quantitative estimate of drug-likeness (QED) is 0.326. The van der Waals surface area contributed by atoms with Crippen molar-refractivity contribution in [3.8, 4) is 5.69 Å². The number of amides is 1. The topological polar surface area (TPSA) is 55.2 Å². The highest BCUT2D eigenvalue weighted by Crippen LogP contribution is 2.33. The third-order valence-corrected chi connectivity index (χ3v) is 7.60. The Bertz CT molecular complexity index is 1240. The molecular weight excluding hydrogens is 434 g/mol. The van der Waals surface area contributed by atoms with Crippen LogP contribution in [0, 0.1) is 19.8 Å². The van der Waals surface area contributed by atoms with Gasteiger partial charge in [0, 0.05) is 12.5 Å². The first kappa shape index (κ1) is 25.2. The Hall–Kier alpha value is -2.95. The summed E-state index contributed by atoms with van der Waals surface area (Å²) in [6, 6.07) is 13.4. The van der Waals surface area contributed by atoms with Gasteiger partial charge >= 0.3 is 0 Å². The van der Waals surface area contributed by atoms with Gasteiger partial charge in [-0.2, -0.15) is 0 Å². The Balaban J connectivity index is 1.90. The van der Waals surface area contributed by atoms with Gasteiger partial charge in [-0.15, -0.1) is 0 Å². The molecule has 1 aliphatic carbocycles. The molecule has 2 aromatic carbocycles. The lowest BCUT2D eigenvalue weighted by Crippen LogP contribution is -2.41. The minimum absolute atomic E-state index is 0.0749. The van der Waals surface area contributed by atoms with Gasteiger partial charge < -0.3 is 4.90 Å². The highest BCUT2D eigenvalue weighted by Gasteiger charge is 2.33. The van der Waals surface area contributed by atoms with Crippen molar-refractivity contribution in [3.05, 3.63) is 69.8 Å². The van der Waals surface area contributed by atoms with Gasteiger partial charge in [0.25, 0.3) is 5.56 Å². The van der Waals surface area contributed by atoms with Gasteiger partial charge in [-0.25, -0.2) is 4.98 Å². The molecule has 0 N–H and O–H groups in total. The number of nitrogens with zero attached hydrogens (tertiary/aromatic N) is 3. The van der Waals surface area contributed by atoms with Gasteiger partial charge in [-0.05, 0) is 74.9 Å². The van der Waals surface area contributed by atoms with E-state index in [-0.39, 0.29) is 23.4 Å². The molecule has 0 spiro atoms. The molecule has 1 unspecified atom stereocenters. The molecule has 4 rings (SSSR count). The van der Waals surface area contributed by atoms with Crippen molar-refractivity contribution >= 4 is 16.8 Å². The predicted molar refractivity (Wildman–Crippen MR) is 143 cm³/mol. The lowest BCUT2D eigenvalue weighted by molar-refractivity contribution is -0.138. The maximum Gasteiger partial charge on any atom is 0.266 e. The average Bonchev–Trinajstić information content (AvgIpc) is 3.40. The van der Waals surface area contributed by atoms with E-state index in [9.17, 15) is 9.59 Å². The molecule has 1 fully saturated rings. The third-order valence-electron chi connectivity index (χ3n) is 7.60. The molecule has 5 nitrogen and oxygen atoms in total. The fourth-order valence-electron chi connectivity index (χ4n) is 5.39. The fraction of sp³-hybridized carbons (Fsp3) is 0.500. The maximum absolute atomic E-state index is 13.9. The normalized spacial score (nSPS) is 15.0. The van der Waals surface area contributed by atoms with Crippen LogP contribution in [0.15, 0.2) is 47.3 Å². The Morgan fingerprint density at radius 1 is 1.06 bits per heavy atom. The lowest BCUT2D eigenvalue weighted by atomic mass is 10.0. The molecule has 1 aliphatic rings. The van der Waals surface area contributed by atoms with Crippen molar-refractivity contribution in [1.82, 2.24) is 14.5 Å². The van der Waals surface area contributed by atoms with E-state index in [0.29, 0.717) is 29.7 Å². The van der Waals surface area contributed by atoms with Crippen molar-refractivity contribution < 1.29 is 4.79 Å². The summed E-state index contributed by atoms with van der Waals surface area (Å²) in [4.78, 5) is 34.8. The van der Waals surface area contributed by atoms with Gasteiger partial charge in [0.15, 0.2) is 0 Å². The highest BCUT2D eigenvalue weighted by molar-refractivity contribution is 5.80. The van der Waals surface area contributed by atoms with E-state index >= 15 is 0 Å². The lowest BCUT2D eigenvalue weighted by Gasteiger charge is -2.34. The molecule has 1 atom stereocenters. The number of carbonyl (C=O) groups excluding carboxylic acids is 1. The summed E-state index contributed by atoms with van der Waals surface area (Å²) in [5.41, 5.74) is 3.73. The maximum atomic E-state index is 13.9. The summed E-state index contributed by atoms with van der Waals surface area (Å²) < 4.78 is 1.76. The van der Waals surface area contributed by atoms with E-state index in [1.807, 2.05) is 30.3 Å². The fourth-order valence-corrected chi connectivity index (χ4v) is 5.39. The number of aryl methyl sites for hydroxylation is 2. The summed E-state index contributed by atoms with van der Waals surface area (Å²) >= 11 is 0. The standard InChI is InChI=1S/C30H39N3O2/c1-5-7-12-19-32(29(34)23-13-8-9-14-23)27(6-2)28-31-26-16-11-10-15-25(26)30(35)33(28)24-18-17-21(3)22(4)20-24/h10-11,15-18,20,23,27H,5-9,12-14,19H2,1-4H3. The Kier molecular flexibility index (Phi) is 8.04. The van der Waals surface area contributed by atoms with Gasteiger partial charge in [-0.3, -0.25) is 14.2 Å². The second-order valence-corrected chi connectivity index (χ2v) is 10.0. The number of hydrogen-bond donors (Lipinski definition) is 0. The first-order chi connectivity index (χ1) is 17.0. The third kappa shape index (κ3) is 5.19. The van der Waals surface area contributed by atoms with Crippen LogP contribution in [0.5, 0.6) is 0 Å². The van der Waals surface area contributed by atoms with Crippen LogP contribution in [0.2, 0.25) is 0 Å². The SMILES string of the molecule is CCCCCN(C(=O)C1CCCC1)C(CC)c1nc2ccccc2c(=O)n1-c1ccc(C)c(C)c1. The number of unbranched alkanes of at least 4 members (excludes halogenated alkanes) is 2. The number of fused-ring (bicyclic) bond motifs is 1. The Morgan fingerprint density at radius 2 is 1.80 bits per heavy atom. The number of benzene rings is 2. The number of carbonyl (C=O) groups is 1. The van der Waals surface area contributed by atoms with Gasteiger partial charge in [0.05, 0.1) is 22.6 Å². The van der Waals surface area contributed by atoms with Crippen molar-refractivity contribution in [1.29, 1.82) is 0 Å². The average molecular weight is 474 g/mol. The van der Waals surface area contributed by atoms with E-state index in [1.54, 1.807) is 4.57 Å². The highest BCUT2D eigenvalue weighted by atomic mass is 16.2. The van der Waals surface area contributed by atoms with E-state index in [0.717, 1.165) is 56.2 Å². The Morgan fingerprint density at radius 3 is 2.49 bits per heavy atom. The molecule has 0 saturated heterocycles. The number of para-hydroxylation sites is 1. The zero-order valence-corrected chi connectivity index (χ0v) is 21.7. The van der Waals surface area contributed by atoms with E-state index in [4.69, 9.17) is 4.98 Å². The van der Waals surface area contributed by atoms with E-state index in [2.05, 4.69) is 44.7 Å². The van der Waals surface area contributed by atoms with Gasteiger partial charge in [0.2, 0.25) is 5.91 Å². The van der Waals surface area contributed by atoms with Crippen LogP contribution < -0.4 is 5.56 Å². The minimum Gasteiger partial charge on any atom is -0.332 e. The van der Waals surface area contributed by atoms with Crippen LogP contribution in [0.1, 0.15) is 88.2 Å². The summed E-state index contributed by atoms with van der Waals surface area (Å²) in [7, 11) is 0.